The van der Waals surface area contributed by atoms with E-state index < -0.39 is 53.9 Å². The Morgan fingerprint density at radius 2 is 1.68 bits per heavy atom. The van der Waals surface area contributed by atoms with E-state index in [2.05, 4.69) is 5.32 Å². The van der Waals surface area contributed by atoms with Crippen LogP contribution in [0.2, 0.25) is 0 Å². The van der Waals surface area contributed by atoms with E-state index in [9.17, 15) is 36.3 Å². The number of para-hydroxylation sites is 2. The number of rotatable bonds is 5. The number of hydrogen-bond acceptors (Lipinski definition) is 4. The van der Waals surface area contributed by atoms with Gasteiger partial charge in [-0.1, -0.05) is 12.1 Å². The fourth-order valence-corrected chi connectivity index (χ4v) is 2.75. The van der Waals surface area contributed by atoms with E-state index in [1.54, 1.807) is 24.3 Å². The summed E-state index contributed by atoms with van der Waals surface area (Å²) in [5, 5.41) is 3.80. The minimum Gasteiger partial charge on any atom is -0.486 e. The number of nitrogens with zero attached hydrogens (tertiary/aromatic N) is 1. The zero-order valence-electron chi connectivity index (χ0n) is 17.1. The third-order valence-corrected chi connectivity index (χ3v) is 4.91. The van der Waals surface area contributed by atoms with Crippen LogP contribution in [0.1, 0.15) is 20.8 Å². The van der Waals surface area contributed by atoms with E-state index in [4.69, 9.17) is 4.74 Å². The summed E-state index contributed by atoms with van der Waals surface area (Å²) >= 11 is 0. The molecule has 0 spiro atoms. The van der Waals surface area contributed by atoms with Crippen LogP contribution in [0.15, 0.2) is 24.3 Å². The lowest BCUT2D eigenvalue weighted by molar-refractivity contribution is -0.278. The molecule has 2 atom stereocenters. The lowest BCUT2D eigenvalue weighted by Gasteiger charge is -2.29. The number of hydrogen-bond donors (Lipinski definition) is 2. The van der Waals surface area contributed by atoms with Crippen molar-refractivity contribution in [3.63, 3.8) is 0 Å². The summed E-state index contributed by atoms with van der Waals surface area (Å²) in [6.45, 7) is 1.56. The highest BCUT2D eigenvalue weighted by atomic mass is 19.4. The van der Waals surface area contributed by atoms with E-state index >= 15 is 0 Å². The molecule has 0 aliphatic carbocycles. The lowest BCUT2D eigenvalue weighted by Crippen LogP contribution is -2.59. The number of benzene rings is 1. The molecule has 0 saturated carbocycles. The molecule has 12 heteroatoms. The van der Waals surface area contributed by atoms with Gasteiger partial charge in [-0.3, -0.25) is 14.4 Å². The van der Waals surface area contributed by atoms with Crippen molar-refractivity contribution < 1.29 is 41.1 Å². The van der Waals surface area contributed by atoms with Crippen LogP contribution in [-0.2, 0) is 14.4 Å². The SMILES string of the molecule is C[C@H]1Oc2ccccc2N(C)C(=O)[C@H]1NC(=O)C(C)(C)C(=O)NCC(F)(F)C(F)(F)F. The lowest BCUT2D eigenvalue weighted by atomic mass is 9.90. The molecular formula is C19H22F5N3O4. The molecule has 1 heterocycles. The van der Waals surface area contributed by atoms with Crippen LogP contribution >= 0.6 is 0 Å². The number of ether oxygens (including phenoxy) is 1. The van der Waals surface area contributed by atoms with E-state index in [0.717, 1.165) is 13.8 Å². The second-order valence-electron chi connectivity index (χ2n) is 7.65. The molecule has 1 aromatic carbocycles. The summed E-state index contributed by atoms with van der Waals surface area (Å²) in [7, 11) is 1.46. The second-order valence-corrected chi connectivity index (χ2v) is 7.65. The highest BCUT2D eigenvalue weighted by Gasteiger charge is 2.57. The average Bonchev–Trinajstić information content (AvgIpc) is 2.75. The summed E-state index contributed by atoms with van der Waals surface area (Å²) in [5.74, 6) is -7.75. The minimum absolute atomic E-state index is 0.383. The van der Waals surface area contributed by atoms with Crippen molar-refractivity contribution in [2.24, 2.45) is 5.41 Å². The smallest absolute Gasteiger partial charge is 0.455 e. The van der Waals surface area contributed by atoms with Crippen LogP contribution in [0.25, 0.3) is 0 Å². The Morgan fingerprint density at radius 1 is 1.10 bits per heavy atom. The molecule has 0 fully saturated rings. The third kappa shape index (κ3) is 4.88. The van der Waals surface area contributed by atoms with Crippen LogP contribution in [0.4, 0.5) is 27.6 Å². The molecule has 1 aliphatic heterocycles. The number of likely N-dealkylation sites (N-methyl/N-ethyl adjacent to an activating group) is 1. The maximum Gasteiger partial charge on any atom is 0.455 e. The highest BCUT2D eigenvalue weighted by molar-refractivity contribution is 6.07. The van der Waals surface area contributed by atoms with Gasteiger partial charge in [0.15, 0.2) is 0 Å². The van der Waals surface area contributed by atoms with Gasteiger partial charge in [0.2, 0.25) is 11.8 Å². The summed E-state index contributed by atoms with van der Waals surface area (Å²) in [4.78, 5) is 38.9. The van der Waals surface area contributed by atoms with Gasteiger partial charge in [-0.05, 0) is 32.9 Å². The van der Waals surface area contributed by atoms with E-state index in [0.29, 0.717) is 11.4 Å². The first kappa shape index (κ1) is 24.4. The second kappa shape index (κ2) is 8.31. The first-order valence-electron chi connectivity index (χ1n) is 9.16. The molecule has 0 saturated heterocycles. The van der Waals surface area contributed by atoms with E-state index in [-0.39, 0.29) is 0 Å². The Labute approximate surface area is 174 Å². The van der Waals surface area contributed by atoms with Gasteiger partial charge >= 0.3 is 12.1 Å². The quantitative estimate of drug-likeness (QED) is 0.531. The number of carbonyl (C=O) groups excluding carboxylic acids is 3. The fourth-order valence-electron chi connectivity index (χ4n) is 2.75. The van der Waals surface area contributed by atoms with Crippen molar-refractivity contribution >= 4 is 23.4 Å². The molecular weight excluding hydrogens is 429 g/mol. The van der Waals surface area contributed by atoms with Crippen LogP contribution in [0.3, 0.4) is 0 Å². The predicted molar refractivity (Wildman–Crippen MR) is 99.7 cm³/mol. The number of carbonyl (C=O) groups is 3. The van der Waals surface area contributed by atoms with E-state index in [1.807, 2.05) is 0 Å². The highest BCUT2D eigenvalue weighted by Crippen LogP contribution is 2.35. The average molecular weight is 451 g/mol. The van der Waals surface area contributed by atoms with Crippen LogP contribution < -0.4 is 20.3 Å². The molecule has 1 aliphatic rings. The zero-order valence-corrected chi connectivity index (χ0v) is 17.1. The summed E-state index contributed by atoms with van der Waals surface area (Å²) in [5.41, 5.74) is -1.61. The Hall–Kier alpha value is -2.92. The van der Waals surface area contributed by atoms with Gasteiger partial charge in [-0.15, -0.1) is 0 Å². The largest absolute Gasteiger partial charge is 0.486 e. The Morgan fingerprint density at radius 3 is 2.26 bits per heavy atom. The number of anilines is 1. The van der Waals surface area contributed by atoms with Gasteiger partial charge in [0, 0.05) is 7.05 Å². The maximum absolute atomic E-state index is 13.1. The van der Waals surface area contributed by atoms with Gasteiger partial charge in [-0.2, -0.15) is 22.0 Å². The molecule has 7 nitrogen and oxygen atoms in total. The summed E-state index contributed by atoms with van der Waals surface area (Å²) in [6, 6.07) is 5.38. The number of alkyl halides is 5. The van der Waals surface area contributed by atoms with Crippen LogP contribution in [0.5, 0.6) is 5.75 Å². The van der Waals surface area contributed by atoms with Crippen molar-refractivity contribution in [3.8, 4) is 5.75 Å². The molecule has 0 radical (unpaired) electrons. The van der Waals surface area contributed by atoms with Crippen molar-refractivity contribution in [2.75, 3.05) is 18.5 Å². The van der Waals surface area contributed by atoms with Crippen LogP contribution in [0, 0.1) is 5.41 Å². The Bertz CT molecular complexity index is 872. The Kier molecular flexibility index (Phi) is 6.53. The monoisotopic (exact) mass is 451 g/mol. The topological polar surface area (TPSA) is 87.7 Å². The molecule has 172 valence electrons. The minimum atomic E-state index is -5.86. The summed E-state index contributed by atoms with van der Waals surface area (Å²) < 4.78 is 68.7. The standard InChI is InChI=1S/C19H22F5N3O4/c1-10-13(14(28)27(4)11-7-5-6-8-12(11)31-10)26-16(30)17(2,3)15(29)25-9-18(20,21)19(22,23)24/h5-8,10,13H,9H2,1-4H3,(H,25,29)(H,26,30)/t10-,13+/m1/s1. The molecule has 2 N–H and O–H groups in total. The van der Waals surface area contributed by atoms with Gasteiger partial charge in [0.1, 0.15) is 23.3 Å². The van der Waals surface area contributed by atoms with Crippen molar-refractivity contribution in [2.45, 2.75) is 45.0 Å². The van der Waals surface area contributed by atoms with Crippen LogP contribution in [-0.4, -0.2) is 55.6 Å². The zero-order chi connectivity index (χ0) is 23.8. The summed E-state index contributed by atoms with van der Waals surface area (Å²) in [6.07, 6.45) is -6.72. The van der Waals surface area contributed by atoms with Gasteiger partial charge in [0.05, 0.1) is 12.2 Å². The molecule has 31 heavy (non-hydrogen) atoms. The number of fused-ring (bicyclic) bond motifs is 1. The maximum atomic E-state index is 13.1. The molecule has 0 bridgehead atoms. The fraction of sp³-hybridized carbons (Fsp3) is 0.526. The Balaban J connectivity index is 2.14. The first-order chi connectivity index (χ1) is 14.1. The molecule has 1 aromatic rings. The molecule has 2 rings (SSSR count). The number of halogens is 5. The first-order valence-corrected chi connectivity index (χ1v) is 9.16. The van der Waals surface area contributed by atoms with Crippen molar-refractivity contribution in [1.82, 2.24) is 10.6 Å². The van der Waals surface area contributed by atoms with Crippen molar-refractivity contribution in [3.05, 3.63) is 24.3 Å². The van der Waals surface area contributed by atoms with Gasteiger partial charge < -0.3 is 20.3 Å². The molecule has 0 aromatic heterocycles. The van der Waals surface area contributed by atoms with E-state index in [1.165, 1.54) is 24.2 Å². The third-order valence-electron chi connectivity index (χ3n) is 4.91. The normalized spacial score (nSPS) is 19.8. The van der Waals surface area contributed by atoms with Gasteiger partial charge in [-0.25, -0.2) is 0 Å². The predicted octanol–water partition coefficient (Wildman–Crippen LogP) is 2.26. The molecule has 3 amide bonds. The molecule has 0 unspecified atom stereocenters. The number of amides is 3. The van der Waals surface area contributed by atoms with Crippen molar-refractivity contribution in [1.29, 1.82) is 0 Å². The van der Waals surface area contributed by atoms with Gasteiger partial charge in [0.25, 0.3) is 5.91 Å². The number of nitrogens with one attached hydrogen (secondary N) is 2.